The van der Waals surface area contributed by atoms with Gasteiger partial charge in [-0.2, -0.15) is 0 Å². The van der Waals surface area contributed by atoms with Gasteiger partial charge in [0.25, 0.3) is 0 Å². The maximum atomic E-state index is 12.4. The van der Waals surface area contributed by atoms with Crippen LogP contribution in [0.1, 0.15) is 40.5 Å². The molecule has 0 aliphatic heterocycles. The molecule has 29 heavy (non-hydrogen) atoms. The summed E-state index contributed by atoms with van der Waals surface area (Å²) in [6.07, 6.45) is -1.28. The van der Waals surface area contributed by atoms with E-state index < -0.39 is 66.3 Å². The summed E-state index contributed by atoms with van der Waals surface area (Å²) in [4.78, 5) is 59.0. The molecule has 0 spiro atoms. The minimum Gasteiger partial charge on any atom is -0.480 e. The molecule has 0 aliphatic rings. The lowest BCUT2D eigenvalue weighted by atomic mass is 9.99. The molecule has 0 saturated carbocycles. The number of hydrogen-bond acceptors (Lipinski definition) is 7. The zero-order valence-corrected chi connectivity index (χ0v) is 17.0. The van der Waals surface area contributed by atoms with Gasteiger partial charge in [0, 0.05) is 0 Å². The number of primary amides is 1. The number of nitrogens with one attached hydrogen (secondary N) is 3. The minimum absolute atomic E-state index is 0.176. The van der Waals surface area contributed by atoms with Crippen LogP contribution in [-0.2, 0) is 24.0 Å². The number of aliphatic carboxylic acids is 1. The van der Waals surface area contributed by atoms with Crippen LogP contribution in [-0.4, -0.2) is 70.1 Å². The van der Waals surface area contributed by atoms with Crippen LogP contribution in [0.25, 0.3) is 0 Å². The zero-order valence-electron chi connectivity index (χ0n) is 17.0. The van der Waals surface area contributed by atoms with Crippen molar-refractivity contribution in [3.05, 3.63) is 0 Å². The number of rotatable bonds is 12. The summed E-state index contributed by atoms with van der Waals surface area (Å²) in [6, 6.07) is -5.07. The van der Waals surface area contributed by atoms with Gasteiger partial charge in [0.1, 0.15) is 12.1 Å². The van der Waals surface area contributed by atoms with Gasteiger partial charge in [0.2, 0.25) is 23.6 Å². The molecule has 0 aliphatic carbocycles. The van der Waals surface area contributed by atoms with Crippen molar-refractivity contribution in [1.82, 2.24) is 16.0 Å². The highest BCUT2D eigenvalue weighted by atomic mass is 16.4. The first-order chi connectivity index (χ1) is 13.3. The molecule has 9 N–H and O–H groups in total. The molecule has 0 aromatic carbocycles. The number of carbonyl (C=O) groups excluding carboxylic acids is 4. The number of carboxylic acids is 1. The van der Waals surface area contributed by atoms with Crippen molar-refractivity contribution in [3.8, 4) is 0 Å². The molecule has 0 aromatic rings. The van der Waals surface area contributed by atoms with Crippen LogP contribution in [0.15, 0.2) is 0 Å². The molecule has 4 amide bonds. The molecular weight excluding hydrogens is 386 g/mol. The summed E-state index contributed by atoms with van der Waals surface area (Å²) in [7, 11) is 0. The van der Waals surface area contributed by atoms with Crippen LogP contribution >= 0.6 is 0 Å². The van der Waals surface area contributed by atoms with Crippen molar-refractivity contribution in [1.29, 1.82) is 0 Å². The van der Waals surface area contributed by atoms with Gasteiger partial charge >= 0.3 is 5.97 Å². The lowest BCUT2D eigenvalue weighted by Gasteiger charge is -2.24. The first-order valence-electron chi connectivity index (χ1n) is 9.17. The number of hydrogen-bond donors (Lipinski definition) is 7. The topological polar surface area (TPSA) is 214 Å². The number of aliphatic hydroxyl groups is 1. The van der Waals surface area contributed by atoms with E-state index in [1.807, 2.05) is 6.92 Å². The molecule has 0 heterocycles. The highest BCUT2D eigenvalue weighted by Crippen LogP contribution is 2.06. The number of aliphatic hydroxyl groups excluding tert-OH is 1. The predicted molar refractivity (Wildman–Crippen MR) is 102 cm³/mol. The second-order valence-electron chi connectivity index (χ2n) is 6.94. The molecular formula is C17H31N5O7. The molecule has 0 saturated heterocycles. The predicted octanol–water partition coefficient (Wildman–Crippen LogP) is -2.83. The molecule has 12 nitrogen and oxygen atoms in total. The van der Waals surface area contributed by atoms with E-state index in [1.165, 1.54) is 13.8 Å². The molecule has 0 radical (unpaired) electrons. The van der Waals surface area contributed by atoms with Crippen molar-refractivity contribution in [3.63, 3.8) is 0 Å². The van der Waals surface area contributed by atoms with Crippen molar-refractivity contribution in [2.75, 3.05) is 0 Å². The first-order valence-corrected chi connectivity index (χ1v) is 9.17. The van der Waals surface area contributed by atoms with E-state index in [4.69, 9.17) is 16.6 Å². The summed E-state index contributed by atoms with van der Waals surface area (Å²) in [5.41, 5.74) is 10.9. The highest BCUT2D eigenvalue weighted by Gasteiger charge is 2.31. The van der Waals surface area contributed by atoms with Crippen LogP contribution in [0.4, 0.5) is 0 Å². The third-order valence-corrected chi connectivity index (χ3v) is 4.40. The van der Waals surface area contributed by atoms with E-state index in [-0.39, 0.29) is 5.92 Å². The summed E-state index contributed by atoms with van der Waals surface area (Å²) >= 11 is 0. The summed E-state index contributed by atoms with van der Waals surface area (Å²) in [6.45, 7) is 6.04. The van der Waals surface area contributed by atoms with Crippen molar-refractivity contribution >= 4 is 29.6 Å². The number of carboxylic acid groups (broad SMARTS) is 1. The van der Waals surface area contributed by atoms with Gasteiger partial charge in [-0.1, -0.05) is 20.3 Å². The van der Waals surface area contributed by atoms with Gasteiger partial charge in [-0.15, -0.1) is 0 Å². The molecule has 6 atom stereocenters. The summed E-state index contributed by atoms with van der Waals surface area (Å²) < 4.78 is 0. The monoisotopic (exact) mass is 417 g/mol. The van der Waals surface area contributed by atoms with Crippen LogP contribution in [0, 0.1) is 5.92 Å². The first kappa shape index (κ1) is 26.3. The Morgan fingerprint density at radius 1 is 0.931 bits per heavy atom. The Balaban J connectivity index is 5.13. The molecule has 6 unspecified atom stereocenters. The van der Waals surface area contributed by atoms with Gasteiger partial charge in [0.05, 0.1) is 18.6 Å². The number of carbonyl (C=O) groups is 5. The Kier molecular flexibility index (Phi) is 10.8. The Bertz CT molecular complexity index is 625. The molecule has 0 fully saturated rings. The third kappa shape index (κ3) is 8.87. The largest absolute Gasteiger partial charge is 0.480 e. The zero-order chi connectivity index (χ0) is 22.9. The maximum absolute atomic E-state index is 12.4. The van der Waals surface area contributed by atoms with E-state index in [1.54, 1.807) is 6.92 Å². The standard InChI is InChI=1S/C17H31N5O7/c1-5-7(2)12(19)16(27)21-10(6-11(18)24)15(26)20-8(3)14(25)22-13(9(4)23)17(28)29/h7-10,12-13,23H,5-6,19H2,1-4H3,(H2,18,24)(H,20,26)(H,21,27)(H,22,25)(H,28,29). The molecule has 0 aromatic heterocycles. The molecule has 0 rings (SSSR count). The number of amides is 4. The van der Waals surface area contributed by atoms with Gasteiger partial charge in [-0.25, -0.2) is 4.79 Å². The Hall–Kier alpha value is -2.73. The average Bonchev–Trinajstić information content (AvgIpc) is 2.62. The Morgan fingerprint density at radius 3 is 1.90 bits per heavy atom. The van der Waals surface area contributed by atoms with Crippen LogP contribution in [0.2, 0.25) is 0 Å². The van der Waals surface area contributed by atoms with Crippen LogP contribution in [0.5, 0.6) is 0 Å². The second-order valence-corrected chi connectivity index (χ2v) is 6.94. The van der Waals surface area contributed by atoms with Gasteiger partial charge in [-0.05, 0) is 19.8 Å². The van der Waals surface area contributed by atoms with Crippen molar-refractivity contribution < 1.29 is 34.2 Å². The fraction of sp³-hybridized carbons (Fsp3) is 0.706. The quantitative estimate of drug-likeness (QED) is 0.175. The van der Waals surface area contributed by atoms with E-state index in [2.05, 4.69) is 16.0 Å². The van der Waals surface area contributed by atoms with Crippen LogP contribution in [0.3, 0.4) is 0 Å². The molecule has 12 heteroatoms. The second kappa shape index (κ2) is 12.0. The smallest absolute Gasteiger partial charge is 0.328 e. The average molecular weight is 417 g/mol. The number of nitrogens with two attached hydrogens (primary N) is 2. The summed E-state index contributed by atoms with van der Waals surface area (Å²) in [5, 5.41) is 25.1. The van der Waals surface area contributed by atoms with E-state index in [9.17, 15) is 29.1 Å². The normalized spacial score (nSPS) is 17.0. The fourth-order valence-electron chi connectivity index (χ4n) is 2.24. The lowest BCUT2D eigenvalue weighted by molar-refractivity contribution is -0.145. The van der Waals surface area contributed by atoms with E-state index in [0.717, 1.165) is 0 Å². The lowest BCUT2D eigenvalue weighted by Crippen LogP contribution is -2.58. The Labute approximate surface area is 168 Å². The van der Waals surface area contributed by atoms with Crippen molar-refractivity contribution in [2.24, 2.45) is 17.4 Å². The van der Waals surface area contributed by atoms with Crippen molar-refractivity contribution in [2.45, 2.75) is 70.8 Å². The molecule has 166 valence electrons. The highest BCUT2D eigenvalue weighted by molar-refractivity contribution is 5.96. The Morgan fingerprint density at radius 2 is 1.48 bits per heavy atom. The third-order valence-electron chi connectivity index (χ3n) is 4.40. The minimum atomic E-state index is -1.57. The van der Waals surface area contributed by atoms with E-state index in [0.29, 0.717) is 6.42 Å². The van der Waals surface area contributed by atoms with Gasteiger partial charge < -0.3 is 37.6 Å². The molecule has 0 bridgehead atoms. The van der Waals surface area contributed by atoms with Gasteiger partial charge in [0.15, 0.2) is 6.04 Å². The summed E-state index contributed by atoms with van der Waals surface area (Å²) in [5.74, 6) is -4.90. The SMILES string of the molecule is CCC(C)C(N)C(=O)NC(CC(N)=O)C(=O)NC(C)C(=O)NC(C(=O)O)C(C)O. The van der Waals surface area contributed by atoms with Crippen LogP contribution < -0.4 is 27.4 Å². The fourth-order valence-corrected chi connectivity index (χ4v) is 2.24. The van der Waals surface area contributed by atoms with E-state index >= 15 is 0 Å². The van der Waals surface area contributed by atoms with Gasteiger partial charge in [-0.3, -0.25) is 19.2 Å². The maximum Gasteiger partial charge on any atom is 0.328 e.